The molecule has 1 aliphatic carbocycles. The Morgan fingerprint density at radius 1 is 1.29 bits per heavy atom. The van der Waals surface area contributed by atoms with Crippen molar-refractivity contribution >= 4 is 23.6 Å². The maximum Gasteiger partial charge on any atom is 0.416 e. The Hall–Kier alpha value is -1.70. The maximum atomic E-state index is 12.7. The third kappa shape index (κ3) is 3.53. The molecule has 0 bridgehead atoms. The minimum Gasteiger partial charge on any atom is -0.352 e. The highest BCUT2D eigenvalue weighted by molar-refractivity contribution is 8.00. The molecule has 1 aliphatic heterocycles. The Kier molecular flexibility index (Phi) is 4.50. The summed E-state index contributed by atoms with van der Waals surface area (Å²) >= 11 is 1.32. The summed E-state index contributed by atoms with van der Waals surface area (Å²) in [6.45, 7) is 1.65. The zero-order valence-corrected chi connectivity index (χ0v) is 13.8. The van der Waals surface area contributed by atoms with Gasteiger partial charge in [0.1, 0.15) is 11.4 Å². The number of thioether (sulfide) groups is 1. The lowest BCUT2D eigenvalue weighted by atomic mass is 10.1. The van der Waals surface area contributed by atoms with Gasteiger partial charge in [0.25, 0.3) is 0 Å². The van der Waals surface area contributed by atoms with Crippen LogP contribution < -0.4 is 5.32 Å². The van der Waals surface area contributed by atoms with Crippen LogP contribution in [-0.4, -0.2) is 34.6 Å². The van der Waals surface area contributed by atoms with Gasteiger partial charge in [0.15, 0.2) is 0 Å². The van der Waals surface area contributed by atoms with Gasteiger partial charge in [0.05, 0.1) is 11.3 Å². The third-order valence-corrected chi connectivity index (χ3v) is 5.38. The van der Waals surface area contributed by atoms with Crippen molar-refractivity contribution in [2.45, 2.75) is 43.4 Å². The number of nitrogens with zero attached hydrogens (tertiary/aromatic N) is 1. The number of rotatable bonds is 4. The van der Waals surface area contributed by atoms with E-state index in [1.165, 1.54) is 28.8 Å². The molecule has 2 atom stereocenters. The van der Waals surface area contributed by atoms with Crippen molar-refractivity contribution in [3.8, 4) is 0 Å². The topological polar surface area (TPSA) is 49.4 Å². The molecule has 1 aromatic carbocycles. The molecule has 0 radical (unpaired) electrons. The zero-order valence-electron chi connectivity index (χ0n) is 13.0. The second-order valence-corrected chi connectivity index (χ2v) is 7.11. The summed E-state index contributed by atoms with van der Waals surface area (Å²) in [5.41, 5.74) is -0.142. The van der Waals surface area contributed by atoms with E-state index in [1.54, 1.807) is 6.92 Å². The van der Waals surface area contributed by atoms with Crippen LogP contribution in [-0.2, 0) is 15.8 Å². The SMILES string of the molecule is C[C@H](C(=O)NC1CC1)N1C(=O)CS[C@@H]1c1ccc(C(F)(F)F)cc1. The number of hydrogen-bond acceptors (Lipinski definition) is 3. The largest absolute Gasteiger partial charge is 0.416 e. The number of benzene rings is 1. The summed E-state index contributed by atoms with van der Waals surface area (Å²) < 4.78 is 38.0. The quantitative estimate of drug-likeness (QED) is 0.900. The van der Waals surface area contributed by atoms with Gasteiger partial charge >= 0.3 is 6.18 Å². The lowest BCUT2D eigenvalue weighted by Crippen LogP contribution is -2.47. The van der Waals surface area contributed by atoms with Gasteiger partial charge in [-0.25, -0.2) is 0 Å². The molecule has 3 rings (SSSR count). The fraction of sp³-hybridized carbons (Fsp3) is 0.500. The third-order valence-electron chi connectivity index (χ3n) is 4.15. The smallest absolute Gasteiger partial charge is 0.352 e. The number of hydrogen-bond donors (Lipinski definition) is 1. The normalized spacial score (nSPS) is 22.6. The highest BCUT2D eigenvalue weighted by Crippen LogP contribution is 2.41. The average molecular weight is 358 g/mol. The Balaban J connectivity index is 1.78. The molecule has 1 saturated heterocycles. The molecule has 24 heavy (non-hydrogen) atoms. The van der Waals surface area contributed by atoms with E-state index >= 15 is 0 Å². The van der Waals surface area contributed by atoms with E-state index < -0.39 is 23.2 Å². The second-order valence-electron chi connectivity index (χ2n) is 6.04. The molecule has 2 amide bonds. The van der Waals surface area contributed by atoms with Gasteiger partial charge in [-0.15, -0.1) is 11.8 Å². The molecule has 2 aliphatic rings. The van der Waals surface area contributed by atoms with E-state index in [0.29, 0.717) is 5.56 Å². The van der Waals surface area contributed by atoms with Crippen molar-refractivity contribution in [3.63, 3.8) is 0 Å². The first-order valence-electron chi connectivity index (χ1n) is 7.67. The summed E-state index contributed by atoms with van der Waals surface area (Å²) in [5.74, 6) is -0.180. The van der Waals surface area contributed by atoms with Crippen molar-refractivity contribution < 1.29 is 22.8 Å². The van der Waals surface area contributed by atoms with Crippen LogP contribution in [0, 0.1) is 0 Å². The lowest BCUT2D eigenvalue weighted by Gasteiger charge is -2.29. The van der Waals surface area contributed by atoms with Gasteiger partial charge in [0, 0.05) is 6.04 Å². The first-order chi connectivity index (χ1) is 11.3. The first kappa shape index (κ1) is 17.1. The molecule has 4 nitrogen and oxygen atoms in total. The molecule has 130 valence electrons. The van der Waals surface area contributed by atoms with E-state index in [1.807, 2.05) is 0 Å². The van der Waals surface area contributed by atoms with Crippen molar-refractivity contribution in [3.05, 3.63) is 35.4 Å². The molecule has 1 aromatic rings. The summed E-state index contributed by atoms with van der Waals surface area (Å²) in [4.78, 5) is 25.9. The molecular formula is C16H17F3N2O2S. The molecule has 1 heterocycles. The first-order valence-corrected chi connectivity index (χ1v) is 8.72. The van der Waals surface area contributed by atoms with Crippen molar-refractivity contribution in [1.82, 2.24) is 10.2 Å². The highest BCUT2D eigenvalue weighted by Gasteiger charge is 2.40. The number of alkyl halides is 3. The molecule has 1 saturated carbocycles. The van der Waals surface area contributed by atoms with Crippen LogP contribution in [0.1, 0.15) is 36.3 Å². The predicted molar refractivity (Wildman–Crippen MR) is 84.1 cm³/mol. The van der Waals surface area contributed by atoms with Crippen LogP contribution in [0.4, 0.5) is 13.2 Å². The van der Waals surface area contributed by atoms with Gasteiger partial charge in [-0.3, -0.25) is 9.59 Å². The molecule has 1 N–H and O–H groups in total. The van der Waals surface area contributed by atoms with Gasteiger partial charge in [-0.05, 0) is 37.5 Å². The number of carbonyl (C=O) groups excluding carboxylic acids is 2. The second kappa shape index (κ2) is 6.31. The molecule has 0 aromatic heterocycles. The van der Waals surface area contributed by atoms with Crippen LogP contribution in [0.2, 0.25) is 0 Å². The monoisotopic (exact) mass is 358 g/mol. The summed E-state index contributed by atoms with van der Waals surface area (Å²) in [6.07, 6.45) is -2.50. The fourth-order valence-corrected chi connectivity index (χ4v) is 3.88. The Morgan fingerprint density at radius 3 is 2.46 bits per heavy atom. The van der Waals surface area contributed by atoms with Gasteiger partial charge in [-0.1, -0.05) is 12.1 Å². The number of halogens is 3. The fourth-order valence-electron chi connectivity index (χ4n) is 2.62. The van der Waals surface area contributed by atoms with Gasteiger partial charge in [0.2, 0.25) is 11.8 Å². The average Bonchev–Trinajstić information content (AvgIpc) is 3.25. The van der Waals surface area contributed by atoms with Crippen LogP contribution in [0.3, 0.4) is 0 Å². The number of amides is 2. The predicted octanol–water partition coefficient (Wildman–Crippen LogP) is 2.95. The minimum absolute atomic E-state index is 0.177. The van der Waals surface area contributed by atoms with E-state index in [0.717, 1.165) is 25.0 Å². The van der Waals surface area contributed by atoms with E-state index in [4.69, 9.17) is 0 Å². The van der Waals surface area contributed by atoms with Crippen LogP contribution in [0.25, 0.3) is 0 Å². The Bertz CT molecular complexity index is 644. The van der Waals surface area contributed by atoms with Crippen molar-refractivity contribution in [1.29, 1.82) is 0 Å². The van der Waals surface area contributed by atoms with Crippen LogP contribution >= 0.6 is 11.8 Å². The molecular weight excluding hydrogens is 341 g/mol. The standard InChI is InChI=1S/C16H17F3N2O2S/c1-9(14(23)20-12-6-7-12)21-13(22)8-24-15(21)10-2-4-11(5-3-10)16(17,18)19/h2-5,9,12,15H,6-8H2,1H3,(H,20,23)/t9-,15-/m1/s1. The van der Waals surface area contributed by atoms with Gasteiger partial charge < -0.3 is 10.2 Å². The van der Waals surface area contributed by atoms with E-state index in [-0.39, 0.29) is 23.6 Å². The maximum absolute atomic E-state index is 12.7. The zero-order chi connectivity index (χ0) is 17.5. The van der Waals surface area contributed by atoms with Gasteiger partial charge in [-0.2, -0.15) is 13.2 Å². The Morgan fingerprint density at radius 2 is 1.92 bits per heavy atom. The highest BCUT2D eigenvalue weighted by atomic mass is 32.2. The number of nitrogens with one attached hydrogen (secondary N) is 1. The summed E-state index contributed by atoms with van der Waals surface area (Å²) in [6, 6.07) is 4.29. The Labute approximate surface area is 141 Å². The van der Waals surface area contributed by atoms with E-state index in [2.05, 4.69) is 5.32 Å². The summed E-state index contributed by atoms with van der Waals surface area (Å²) in [5, 5.41) is 2.42. The van der Waals surface area contributed by atoms with Crippen LogP contribution in [0.15, 0.2) is 24.3 Å². The van der Waals surface area contributed by atoms with Crippen molar-refractivity contribution in [2.24, 2.45) is 0 Å². The lowest BCUT2D eigenvalue weighted by molar-refractivity contribution is -0.138. The molecule has 0 spiro atoms. The minimum atomic E-state index is -4.39. The molecule has 0 unspecified atom stereocenters. The summed E-state index contributed by atoms with van der Waals surface area (Å²) in [7, 11) is 0. The van der Waals surface area contributed by atoms with Crippen molar-refractivity contribution in [2.75, 3.05) is 5.75 Å². The van der Waals surface area contributed by atoms with E-state index in [9.17, 15) is 22.8 Å². The molecule has 2 fully saturated rings. The van der Waals surface area contributed by atoms with Crippen LogP contribution in [0.5, 0.6) is 0 Å². The molecule has 8 heteroatoms. The number of carbonyl (C=O) groups is 2.